The van der Waals surface area contributed by atoms with Gasteiger partial charge in [-0.2, -0.15) is 0 Å². The van der Waals surface area contributed by atoms with E-state index in [-0.39, 0.29) is 18.4 Å². The fourth-order valence-electron chi connectivity index (χ4n) is 2.37. The molecule has 0 spiro atoms. The van der Waals surface area contributed by atoms with Gasteiger partial charge in [-0.1, -0.05) is 0 Å². The predicted octanol–water partition coefficient (Wildman–Crippen LogP) is 2.31. The molecule has 2 heterocycles. The number of rotatable bonds is 5. The first-order valence-corrected chi connectivity index (χ1v) is 8.22. The van der Waals surface area contributed by atoms with Crippen LogP contribution in [0.2, 0.25) is 0 Å². The van der Waals surface area contributed by atoms with E-state index in [1.165, 1.54) is 16.2 Å². The number of carbonyl (C=O) groups excluding carboxylic acids is 2. The largest absolute Gasteiger partial charge is 0.484 e. The molecule has 0 saturated carbocycles. The van der Waals surface area contributed by atoms with Crippen LogP contribution in [0.1, 0.15) is 12.8 Å². The first-order valence-electron chi connectivity index (χ1n) is 7.34. The van der Waals surface area contributed by atoms with Gasteiger partial charge >= 0.3 is 0 Å². The van der Waals surface area contributed by atoms with E-state index in [0.717, 1.165) is 18.7 Å². The molecule has 3 rings (SSSR count). The van der Waals surface area contributed by atoms with Crippen LogP contribution in [0.4, 0.5) is 10.8 Å². The third-order valence-corrected chi connectivity index (χ3v) is 4.51. The van der Waals surface area contributed by atoms with Gasteiger partial charge in [-0.05, 0) is 30.7 Å². The molecular weight excluding hydrogens is 314 g/mol. The van der Waals surface area contributed by atoms with Crippen LogP contribution < -0.4 is 14.5 Å². The van der Waals surface area contributed by atoms with Crippen LogP contribution in [0.25, 0.3) is 0 Å². The summed E-state index contributed by atoms with van der Waals surface area (Å²) in [4.78, 5) is 31.1. The van der Waals surface area contributed by atoms with Crippen molar-refractivity contribution < 1.29 is 14.3 Å². The van der Waals surface area contributed by atoms with Gasteiger partial charge in [0.15, 0.2) is 11.7 Å². The molecule has 1 saturated heterocycles. The van der Waals surface area contributed by atoms with Crippen molar-refractivity contribution in [2.24, 2.45) is 0 Å². The highest BCUT2D eigenvalue weighted by molar-refractivity contribution is 7.13. The first-order chi connectivity index (χ1) is 11.1. The van der Waals surface area contributed by atoms with E-state index in [1.54, 1.807) is 30.3 Å². The Morgan fingerprint density at radius 1 is 1.39 bits per heavy atom. The zero-order valence-corrected chi connectivity index (χ0v) is 13.6. The maximum absolute atomic E-state index is 12.0. The lowest BCUT2D eigenvalue weighted by molar-refractivity contribution is -0.120. The molecule has 6 nitrogen and oxygen atoms in total. The van der Waals surface area contributed by atoms with Crippen molar-refractivity contribution in [2.75, 3.05) is 30.0 Å². The van der Waals surface area contributed by atoms with Gasteiger partial charge in [0.1, 0.15) is 5.75 Å². The third-order valence-electron chi connectivity index (χ3n) is 3.66. The van der Waals surface area contributed by atoms with Crippen molar-refractivity contribution in [3.63, 3.8) is 0 Å². The first kappa shape index (κ1) is 15.5. The van der Waals surface area contributed by atoms with E-state index in [1.807, 2.05) is 17.5 Å². The molecule has 0 bridgehead atoms. The summed E-state index contributed by atoms with van der Waals surface area (Å²) in [6.07, 6.45) is 3.16. The summed E-state index contributed by atoms with van der Waals surface area (Å²) in [5.74, 6) is 0.582. The monoisotopic (exact) mass is 331 g/mol. The lowest BCUT2D eigenvalue weighted by Gasteiger charge is -2.17. The van der Waals surface area contributed by atoms with Gasteiger partial charge in [-0.15, -0.1) is 11.3 Å². The molecule has 0 aliphatic carbocycles. The van der Waals surface area contributed by atoms with Crippen LogP contribution in [-0.2, 0) is 9.59 Å². The molecule has 23 heavy (non-hydrogen) atoms. The highest BCUT2D eigenvalue weighted by Gasteiger charge is 2.21. The van der Waals surface area contributed by atoms with Crippen LogP contribution >= 0.6 is 11.3 Å². The molecular formula is C16H17N3O3S. The Bertz CT molecular complexity index is 685. The number of thiazole rings is 1. The Hall–Kier alpha value is -2.41. The summed E-state index contributed by atoms with van der Waals surface area (Å²) in [5.41, 5.74) is 0.867. The molecule has 0 radical (unpaired) electrons. The van der Waals surface area contributed by atoms with Crippen molar-refractivity contribution in [1.29, 1.82) is 0 Å². The molecule has 0 atom stereocenters. The second-order valence-corrected chi connectivity index (χ2v) is 6.07. The van der Waals surface area contributed by atoms with Gasteiger partial charge in [0.2, 0.25) is 5.91 Å². The second kappa shape index (κ2) is 6.78. The van der Waals surface area contributed by atoms with E-state index in [2.05, 4.69) is 4.98 Å². The van der Waals surface area contributed by atoms with Crippen molar-refractivity contribution in [2.45, 2.75) is 12.8 Å². The molecule has 2 aromatic rings. The standard InChI is InChI=1S/C16H17N3O3S/c1-18(16-17-8-10-23-16)15(21)11-22-13-6-4-12(5-7-13)19-9-2-3-14(19)20/h4-8,10H,2-3,9,11H2,1H3. The molecule has 1 fully saturated rings. The van der Waals surface area contributed by atoms with E-state index in [0.29, 0.717) is 17.3 Å². The second-order valence-electron chi connectivity index (χ2n) is 5.20. The number of ether oxygens (including phenoxy) is 1. The number of anilines is 2. The lowest BCUT2D eigenvalue weighted by atomic mass is 10.3. The molecule has 2 amide bonds. The molecule has 1 aliphatic heterocycles. The smallest absolute Gasteiger partial charge is 0.266 e. The number of carbonyl (C=O) groups is 2. The summed E-state index contributed by atoms with van der Waals surface area (Å²) in [6.45, 7) is 0.703. The summed E-state index contributed by atoms with van der Waals surface area (Å²) in [6, 6.07) is 7.23. The van der Waals surface area contributed by atoms with Gasteiger partial charge in [0.25, 0.3) is 5.91 Å². The fourth-order valence-corrected chi connectivity index (χ4v) is 3.00. The average molecular weight is 331 g/mol. The summed E-state index contributed by atoms with van der Waals surface area (Å²) < 4.78 is 5.51. The fraction of sp³-hybridized carbons (Fsp3) is 0.312. The molecule has 1 aromatic heterocycles. The topological polar surface area (TPSA) is 62.7 Å². The maximum Gasteiger partial charge on any atom is 0.266 e. The molecule has 120 valence electrons. The maximum atomic E-state index is 12.0. The Balaban J connectivity index is 1.56. The van der Waals surface area contributed by atoms with E-state index >= 15 is 0 Å². The highest BCUT2D eigenvalue weighted by Crippen LogP contribution is 2.24. The van der Waals surface area contributed by atoms with E-state index in [4.69, 9.17) is 4.74 Å². The van der Waals surface area contributed by atoms with E-state index in [9.17, 15) is 9.59 Å². The third kappa shape index (κ3) is 3.50. The number of hydrogen-bond donors (Lipinski definition) is 0. The number of likely N-dealkylation sites (N-methyl/N-ethyl adjacent to an activating group) is 1. The van der Waals surface area contributed by atoms with Crippen LogP contribution in [-0.4, -0.2) is 37.0 Å². The van der Waals surface area contributed by atoms with Crippen molar-refractivity contribution >= 4 is 34.0 Å². The molecule has 1 aromatic carbocycles. The Kier molecular flexibility index (Phi) is 4.57. The SMILES string of the molecule is CN(C(=O)COc1ccc(N2CCCC2=O)cc1)c1nccs1. The number of aromatic nitrogens is 1. The van der Waals surface area contributed by atoms with Crippen molar-refractivity contribution in [3.05, 3.63) is 35.8 Å². The molecule has 7 heteroatoms. The molecule has 0 N–H and O–H groups in total. The Morgan fingerprint density at radius 3 is 2.78 bits per heavy atom. The Labute approximate surface area is 138 Å². The minimum Gasteiger partial charge on any atom is -0.484 e. The van der Waals surface area contributed by atoms with Gasteiger partial charge in [0.05, 0.1) is 0 Å². The van der Waals surface area contributed by atoms with Gasteiger partial charge in [-0.3, -0.25) is 14.5 Å². The van der Waals surface area contributed by atoms with Gasteiger partial charge in [0, 0.05) is 37.3 Å². The van der Waals surface area contributed by atoms with Crippen LogP contribution in [0.5, 0.6) is 5.75 Å². The minimum absolute atomic E-state index is 0.0575. The quantitative estimate of drug-likeness (QED) is 0.843. The molecule has 0 unspecified atom stereocenters. The Morgan fingerprint density at radius 2 is 2.17 bits per heavy atom. The zero-order chi connectivity index (χ0) is 16.2. The summed E-state index contributed by atoms with van der Waals surface area (Å²) in [5, 5.41) is 2.46. The summed E-state index contributed by atoms with van der Waals surface area (Å²) in [7, 11) is 1.67. The normalized spacial score (nSPS) is 14.1. The number of hydrogen-bond acceptors (Lipinski definition) is 5. The number of nitrogens with zero attached hydrogens (tertiary/aromatic N) is 3. The predicted molar refractivity (Wildman–Crippen MR) is 89.0 cm³/mol. The van der Waals surface area contributed by atoms with Crippen molar-refractivity contribution in [1.82, 2.24) is 4.98 Å². The number of benzene rings is 1. The van der Waals surface area contributed by atoms with Crippen LogP contribution in [0.3, 0.4) is 0 Å². The van der Waals surface area contributed by atoms with Crippen LogP contribution in [0.15, 0.2) is 35.8 Å². The lowest BCUT2D eigenvalue weighted by Crippen LogP contribution is -2.31. The number of amides is 2. The summed E-state index contributed by atoms with van der Waals surface area (Å²) >= 11 is 1.40. The molecule has 1 aliphatic rings. The van der Waals surface area contributed by atoms with Crippen LogP contribution in [0, 0.1) is 0 Å². The minimum atomic E-state index is -0.168. The zero-order valence-electron chi connectivity index (χ0n) is 12.8. The van der Waals surface area contributed by atoms with Gasteiger partial charge < -0.3 is 9.64 Å². The van der Waals surface area contributed by atoms with Crippen molar-refractivity contribution in [3.8, 4) is 5.75 Å². The van der Waals surface area contributed by atoms with Gasteiger partial charge in [-0.25, -0.2) is 4.98 Å². The van der Waals surface area contributed by atoms with E-state index < -0.39 is 0 Å². The highest BCUT2D eigenvalue weighted by atomic mass is 32.1. The average Bonchev–Trinajstić information content (AvgIpc) is 3.24.